The van der Waals surface area contributed by atoms with Crippen molar-refractivity contribution < 1.29 is 9.21 Å². The van der Waals surface area contributed by atoms with Gasteiger partial charge in [0.1, 0.15) is 5.52 Å². The van der Waals surface area contributed by atoms with Gasteiger partial charge in [-0.3, -0.25) is 4.68 Å². The first-order chi connectivity index (χ1) is 11.6. The maximum Gasteiger partial charge on any atom is 0.321 e. The molecule has 1 aliphatic rings. The normalized spacial score (nSPS) is 17.6. The fourth-order valence-electron chi connectivity index (χ4n) is 3.19. The Morgan fingerprint density at radius 3 is 3.08 bits per heavy atom. The van der Waals surface area contributed by atoms with Crippen molar-refractivity contribution in [3.8, 4) is 0 Å². The minimum atomic E-state index is -0.0861. The number of urea groups is 1. The van der Waals surface area contributed by atoms with Gasteiger partial charge in [-0.1, -0.05) is 0 Å². The molecule has 2 amide bonds. The van der Waals surface area contributed by atoms with Crippen molar-refractivity contribution in [2.75, 3.05) is 18.4 Å². The lowest BCUT2D eigenvalue weighted by Crippen LogP contribution is -2.32. The van der Waals surface area contributed by atoms with Crippen molar-refractivity contribution >= 4 is 22.8 Å². The lowest BCUT2D eigenvalue weighted by molar-refractivity contribution is 0.222. The van der Waals surface area contributed by atoms with E-state index in [2.05, 4.69) is 15.4 Å². The number of nitrogens with zero attached hydrogens (tertiary/aromatic N) is 4. The molecule has 4 rings (SSSR count). The first kappa shape index (κ1) is 14.7. The summed E-state index contributed by atoms with van der Waals surface area (Å²) in [6.07, 6.45) is 4.86. The summed E-state index contributed by atoms with van der Waals surface area (Å²) in [4.78, 5) is 18.6. The molecule has 2 aromatic heterocycles. The molecule has 3 aromatic rings. The molecule has 1 aliphatic heterocycles. The Bertz CT molecular complexity index is 897. The van der Waals surface area contributed by atoms with Gasteiger partial charge < -0.3 is 14.6 Å². The number of benzene rings is 1. The predicted molar refractivity (Wildman–Crippen MR) is 89.9 cm³/mol. The van der Waals surface area contributed by atoms with E-state index in [9.17, 15) is 4.79 Å². The van der Waals surface area contributed by atoms with Crippen LogP contribution in [0.3, 0.4) is 0 Å². The molecule has 0 saturated carbocycles. The minimum Gasteiger partial charge on any atom is -0.441 e. The van der Waals surface area contributed by atoms with E-state index in [0.29, 0.717) is 29.6 Å². The average molecular weight is 325 g/mol. The zero-order valence-electron chi connectivity index (χ0n) is 13.7. The maximum absolute atomic E-state index is 12.5. The number of anilines is 1. The highest BCUT2D eigenvalue weighted by Gasteiger charge is 2.28. The average Bonchev–Trinajstić information content (AvgIpc) is 3.24. The van der Waals surface area contributed by atoms with Gasteiger partial charge in [-0.2, -0.15) is 5.10 Å². The second kappa shape index (κ2) is 5.67. The van der Waals surface area contributed by atoms with Gasteiger partial charge in [-0.05, 0) is 24.1 Å². The zero-order valence-corrected chi connectivity index (χ0v) is 13.7. The minimum absolute atomic E-state index is 0.0861. The molecule has 1 N–H and O–H groups in total. The van der Waals surface area contributed by atoms with E-state index in [4.69, 9.17) is 4.42 Å². The van der Waals surface area contributed by atoms with E-state index in [1.807, 2.05) is 42.5 Å². The van der Waals surface area contributed by atoms with E-state index in [0.717, 1.165) is 18.5 Å². The topological polar surface area (TPSA) is 76.2 Å². The summed E-state index contributed by atoms with van der Waals surface area (Å²) in [6.45, 7) is 3.26. The summed E-state index contributed by atoms with van der Waals surface area (Å²) in [7, 11) is 1.91. The fourth-order valence-corrected chi connectivity index (χ4v) is 3.19. The number of carbonyl (C=O) groups is 1. The second-order valence-corrected chi connectivity index (χ2v) is 6.22. The van der Waals surface area contributed by atoms with Crippen LogP contribution in [0.4, 0.5) is 10.5 Å². The Morgan fingerprint density at radius 1 is 1.42 bits per heavy atom. The number of aryl methyl sites for hydroxylation is 2. The number of nitrogens with one attached hydrogen (secondary N) is 1. The quantitative estimate of drug-likeness (QED) is 0.786. The maximum atomic E-state index is 12.5. The van der Waals surface area contributed by atoms with Crippen LogP contribution in [0.5, 0.6) is 0 Å². The summed E-state index contributed by atoms with van der Waals surface area (Å²) in [6, 6.07) is 5.42. The molecular weight excluding hydrogens is 306 g/mol. The van der Waals surface area contributed by atoms with Crippen LogP contribution in [0.15, 0.2) is 35.0 Å². The first-order valence-corrected chi connectivity index (χ1v) is 8.00. The van der Waals surface area contributed by atoms with Crippen molar-refractivity contribution in [2.24, 2.45) is 7.05 Å². The zero-order chi connectivity index (χ0) is 16.7. The number of likely N-dealkylation sites (tertiary alicyclic amines) is 1. The summed E-state index contributed by atoms with van der Waals surface area (Å²) >= 11 is 0. The van der Waals surface area contributed by atoms with Gasteiger partial charge >= 0.3 is 6.03 Å². The van der Waals surface area contributed by atoms with Gasteiger partial charge in [0, 0.05) is 50.9 Å². The summed E-state index contributed by atoms with van der Waals surface area (Å²) < 4.78 is 7.31. The number of aromatic nitrogens is 3. The SMILES string of the molecule is Cc1nc2ccc(NC(=O)N3CC[C@H](c4cnn(C)c4)C3)cc2o1. The number of fused-ring (bicyclic) bond motifs is 1. The van der Waals surface area contributed by atoms with Crippen molar-refractivity contribution in [1.82, 2.24) is 19.7 Å². The summed E-state index contributed by atoms with van der Waals surface area (Å²) in [5.41, 5.74) is 3.38. The molecule has 0 unspecified atom stereocenters. The van der Waals surface area contributed by atoms with Crippen LogP contribution in [0.2, 0.25) is 0 Å². The van der Waals surface area contributed by atoms with E-state index < -0.39 is 0 Å². The number of hydrogen-bond acceptors (Lipinski definition) is 4. The molecule has 3 heterocycles. The number of oxazole rings is 1. The number of hydrogen-bond donors (Lipinski definition) is 1. The van der Waals surface area contributed by atoms with Crippen LogP contribution < -0.4 is 5.32 Å². The highest BCUT2D eigenvalue weighted by atomic mass is 16.3. The van der Waals surface area contributed by atoms with Crippen LogP contribution in [0, 0.1) is 6.92 Å². The van der Waals surface area contributed by atoms with E-state index in [1.54, 1.807) is 11.6 Å². The highest BCUT2D eigenvalue weighted by molar-refractivity contribution is 5.91. The molecule has 24 heavy (non-hydrogen) atoms. The van der Waals surface area contributed by atoms with Gasteiger partial charge in [0.15, 0.2) is 11.5 Å². The smallest absolute Gasteiger partial charge is 0.321 e. The molecule has 124 valence electrons. The predicted octanol–water partition coefficient (Wildman–Crippen LogP) is 2.89. The third-order valence-electron chi connectivity index (χ3n) is 4.42. The Morgan fingerprint density at radius 2 is 2.29 bits per heavy atom. The highest BCUT2D eigenvalue weighted by Crippen LogP contribution is 2.27. The van der Waals surface area contributed by atoms with Crippen LogP contribution in [0.25, 0.3) is 11.1 Å². The van der Waals surface area contributed by atoms with Gasteiger partial charge in [-0.15, -0.1) is 0 Å². The molecule has 0 spiro atoms. The first-order valence-electron chi connectivity index (χ1n) is 8.00. The Labute approximate surface area is 139 Å². The van der Waals surface area contributed by atoms with Gasteiger partial charge in [0.25, 0.3) is 0 Å². The second-order valence-electron chi connectivity index (χ2n) is 6.22. The molecular formula is C17H19N5O2. The van der Waals surface area contributed by atoms with E-state index in [-0.39, 0.29) is 6.03 Å². The van der Waals surface area contributed by atoms with Crippen LogP contribution in [-0.4, -0.2) is 38.8 Å². The molecule has 1 aromatic carbocycles. The molecule has 1 saturated heterocycles. The van der Waals surface area contributed by atoms with E-state index in [1.165, 1.54) is 5.56 Å². The van der Waals surface area contributed by atoms with Gasteiger partial charge in [0.2, 0.25) is 0 Å². The van der Waals surface area contributed by atoms with Crippen molar-refractivity contribution in [1.29, 1.82) is 0 Å². The van der Waals surface area contributed by atoms with Gasteiger partial charge in [0.05, 0.1) is 6.20 Å². The standard InChI is InChI=1S/C17H19N5O2/c1-11-19-15-4-3-14(7-16(15)24-11)20-17(23)22-6-5-12(10-22)13-8-18-21(2)9-13/h3-4,7-9,12H,5-6,10H2,1-2H3,(H,20,23)/t12-/m0/s1. The molecule has 0 aliphatic carbocycles. The molecule has 7 nitrogen and oxygen atoms in total. The Balaban J connectivity index is 1.44. The van der Waals surface area contributed by atoms with Crippen molar-refractivity contribution in [3.63, 3.8) is 0 Å². The lowest BCUT2D eigenvalue weighted by Gasteiger charge is -2.17. The van der Waals surface area contributed by atoms with Crippen LogP contribution in [0.1, 0.15) is 23.8 Å². The number of carbonyl (C=O) groups excluding carboxylic acids is 1. The summed E-state index contributed by atoms with van der Waals surface area (Å²) in [5.74, 6) is 0.969. The molecule has 0 bridgehead atoms. The van der Waals surface area contributed by atoms with Crippen molar-refractivity contribution in [3.05, 3.63) is 42.0 Å². The third kappa shape index (κ3) is 2.73. The number of rotatable bonds is 2. The third-order valence-corrected chi connectivity index (χ3v) is 4.42. The Kier molecular flexibility index (Phi) is 3.48. The lowest BCUT2D eigenvalue weighted by atomic mass is 10.0. The molecule has 0 radical (unpaired) electrons. The Hall–Kier alpha value is -2.83. The largest absolute Gasteiger partial charge is 0.441 e. The molecule has 1 atom stereocenters. The van der Waals surface area contributed by atoms with Crippen molar-refractivity contribution in [2.45, 2.75) is 19.3 Å². The van der Waals surface area contributed by atoms with Crippen LogP contribution >= 0.6 is 0 Å². The summed E-state index contributed by atoms with van der Waals surface area (Å²) in [5, 5.41) is 7.15. The van der Waals surface area contributed by atoms with Crippen LogP contribution in [-0.2, 0) is 7.05 Å². The monoisotopic (exact) mass is 325 g/mol. The fraction of sp³-hybridized carbons (Fsp3) is 0.353. The molecule has 7 heteroatoms. The number of amides is 2. The van der Waals surface area contributed by atoms with Gasteiger partial charge in [-0.25, -0.2) is 9.78 Å². The van der Waals surface area contributed by atoms with E-state index >= 15 is 0 Å². The molecule has 1 fully saturated rings.